The van der Waals surface area contributed by atoms with Crippen LogP contribution in [0.2, 0.25) is 0 Å². The van der Waals surface area contributed by atoms with E-state index in [9.17, 15) is 4.79 Å². The van der Waals surface area contributed by atoms with Crippen LogP contribution in [0.3, 0.4) is 0 Å². The number of nitrogens with one attached hydrogen (secondary N) is 1. The number of anilines is 4. The number of aromatic nitrogens is 4. The highest BCUT2D eigenvalue weighted by molar-refractivity contribution is 7.22. The first-order valence-electron chi connectivity index (χ1n) is 9.95. The van der Waals surface area contributed by atoms with Gasteiger partial charge in [-0.2, -0.15) is 0 Å². The van der Waals surface area contributed by atoms with Gasteiger partial charge in [0.25, 0.3) is 0 Å². The SMILES string of the molecule is COC(=O)c1cccc(N2CCCc3c2nnc(Nc2nc4ccccc4s2)c3C)n1. The maximum atomic E-state index is 11.9. The molecule has 4 aromatic rings. The number of hydrogen-bond donors (Lipinski definition) is 1. The molecule has 156 valence electrons. The lowest BCUT2D eigenvalue weighted by Gasteiger charge is -2.30. The number of esters is 1. The molecule has 4 heterocycles. The fourth-order valence-corrected chi connectivity index (χ4v) is 4.60. The topological polar surface area (TPSA) is 93.1 Å². The van der Waals surface area contributed by atoms with Crippen molar-refractivity contribution >= 4 is 50.1 Å². The van der Waals surface area contributed by atoms with Crippen molar-refractivity contribution in [2.45, 2.75) is 19.8 Å². The van der Waals surface area contributed by atoms with E-state index in [4.69, 9.17) is 4.74 Å². The Hall–Kier alpha value is -3.59. The van der Waals surface area contributed by atoms with Crippen LogP contribution in [0.4, 0.5) is 22.6 Å². The third kappa shape index (κ3) is 3.57. The number of ether oxygens (including phenoxy) is 1. The van der Waals surface area contributed by atoms with E-state index in [0.717, 1.165) is 51.7 Å². The van der Waals surface area contributed by atoms with Crippen LogP contribution < -0.4 is 10.2 Å². The van der Waals surface area contributed by atoms with E-state index < -0.39 is 5.97 Å². The maximum Gasteiger partial charge on any atom is 0.356 e. The van der Waals surface area contributed by atoms with Crippen molar-refractivity contribution in [3.63, 3.8) is 0 Å². The zero-order valence-electron chi connectivity index (χ0n) is 17.1. The first-order chi connectivity index (χ1) is 15.1. The second-order valence-corrected chi connectivity index (χ2v) is 8.25. The number of rotatable bonds is 4. The third-order valence-corrected chi connectivity index (χ3v) is 6.26. The summed E-state index contributed by atoms with van der Waals surface area (Å²) in [4.78, 5) is 23.0. The molecule has 0 saturated heterocycles. The summed E-state index contributed by atoms with van der Waals surface area (Å²) < 4.78 is 5.92. The van der Waals surface area contributed by atoms with E-state index in [1.54, 1.807) is 23.5 Å². The molecule has 0 atom stereocenters. The Labute approximate surface area is 182 Å². The smallest absolute Gasteiger partial charge is 0.356 e. The third-order valence-electron chi connectivity index (χ3n) is 5.31. The predicted octanol–water partition coefficient (Wildman–Crippen LogP) is 4.40. The van der Waals surface area contributed by atoms with Crippen LogP contribution in [0.5, 0.6) is 0 Å². The number of carbonyl (C=O) groups excluding carboxylic acids is 1. The molecule has 0 saturated carbocycles. The number of nitrogens with zero attached hydrogens (tertiary/aromatic N) is 5. The van der Waals surface area contributed by atoms with Crippen LogP contribution in [-0.2, 0) is 11.2 Å². The van der Waals surface area contributed by atoms with Gasteiger partial charge < -0.3 is 15.0 Å². The Balaban J connectivity index is 1.48. The maximum absolute atomic E-state index is 11.9. The lowest BCUT2D eigenvalue weighted by atomic mass is 10.0. The van der Waals surface area contributed by atoms with Crippen molar-refractivity contribution < 1.29 is 9.53 Å². The second-order valence-electron chi connectivity index (χ2n) is 7.22. The van der Waals surface area contributed by atoms with Gasteiger partial charge in [0.1, 0.15) is 5.82 Å². The molecule has 0 radical (unpaired) electrons. The summed E-state index contributed by atoms with van der Waals surface area (Å²) in [6.07, 6.45) is 1.85. The first-order valence-corrected chi connectivity index (χ1v) is 10.8. The van der Waals surface area contributed by atoms with Crippen LogP contribution in [0, 0.1) is 6.92 Å². The first kappa shape index (κ1) is 19.4. The van der Waals surface area contributed by atoms with Gasteiger partial charge in [0, 0.05) is 17.7 Å². The molecule has 1 aliphatic heterocycles. The highest BCUT2D eigenvalue weighted by Crippen LogP contribution is 2.35. The number of thiazole rings is 1. The summed E-state index contributed by atoms with van der Waals surface area (Å²) in [6.45, 7) is 2.80. The largest absolute Gasteiger partial charge is 0.464 e. The molecule has 0 bridgehead atoms. The molecule has 5 rings (SSSR count). The Morgan fingerprint density at radius 3 is 2.84 bits per heavy atom. The molecule has 0 fully saturated rings. The summed E-state index contributed by atoms with van der Waals surface area (Å²) in [7, 11) is 1.35. The molecule has 0 unspecified atom stereocenters. The highest BCUT2D eigenvalue weighted by atomic mass is 32.1. The minimum atomic E-state index is -0.461. The lowest BCUT2D eigenvalue weighted by molar-refractivity contribution is 0.0594. The molecule has 9 heteroatoms. The number of para-hydroxylation sites is 1. The standard InChI is InChI=1S/C22H20N6O2S/c1-13-14-7-6-12-28(18-11-5-9-16(23-18)21(29)30-2)20(14)27-26-19(13)25-22-24-15-8-3-4-10-17(15)31-22/h3-5,8-11H,6-7,12H2,1-2H3,(H,24,25,26). The molecule has 3 aromatic heterocycles. The summed E-state index contributed by atoms with van der Waals surface area (Å²) in [5.74, 6) is 1.67. The molecule has 1 aliphatic rings. The number of hydrogen-bond acceptors (Lipinski definition) is 9. The van der Waals surface area contributed by atoms with Crippen molar-refractivity contribution in [3.8, 4) is 0 Å². The molecular weight excluding hydrogens is 412 g/mol. The minimum Gasteiger partial charge on any atom is -0.464 e. The van der Waals surface area contributed by atoms with Gasteiger partial charge in [0.2, 0.25) is 0 Å². The predicted molar refractivity (Wildman–Crippen MR) is 121 cm³/mol. The summed E-state index contributed by atoms with van der Waals surface area (Å²) in [5, 5.41) is 13.1. The molecule has 8 nitrogen and oxygen atoms in total. The zero-order chi connectivity index (χ0) is 21.4. The van der Waals surface area contributed by atoms with Gasteiger partial charge in [-0.15, -0.1) is 10.2 Å². The van der Waals surface area contributed by atoms with Crippen molar-refractivity contribution in [2.75, 3.05) is 23.9 Å². The van der Waals surface area contributed by atoms with Crippen LogP contribution >= 0.6 is 11.3 Å². The molecule has 0 amide bonds. The van der Waals surface area contributed by atoms with E-state index >= 15 is 0 Å². The Kier molecular flexibility index (Phi) is 4.95. The minimum absolute atomic E-state index is 0.269. The summed E-state index contributed by atoms with van der Waals surface area (Å²) in [6, 6.07) is 13.3. The number of carbonyl (C=O) groups is 1. The van der Waals surface area contributed by atoms with Gasteiger partial charge in [-0.1, -0.05) is 29.5 Å². The van der Waals surface area contributed by atoms with Crippen LogP contribution in [0.15, 0.2) is 42.5 Å². The van der Waals surface area contributed by atoms with Gasteiger partial charge in [-0.05, 0) is 44.0 Å². The van der Waals surface area contributed by atoms with Crippen LogP contribution in [0.1, 0.15) is 28.0 Å². The second kappa shape index (κ2) is 7.92. The van der Waals surface area contributed by atoms with E-state index in [2.05, 4.69) is 31.5 Å². The molecular formula is C22H20N6O2S. The fraction of sp³-hybridized carbons (Fsp3) is 0.227. The zero-order valence-corrected chi connectivity index (χ0v) is 17.9. The van der Waals surface area contributed by atoms with Gasteiger partial charge >= 0.3 is 5.97 Å². The summed E-state index contributed by atoms with van der Waals surface area (Å²) >= 11 is 1.59. The number of benzene rings is 1. The Morgan fingerprint density at radius 2 is 2.00 bits per heavy atom. The fourth-order valence-electron chi connectivity index (χ4n) is 3.74. The Morgan fingerprint density at radius 1 is 1.13 bits per heavy atom. The van der Waals surface area contributed by atoms with Gasteiger partial charge in [0.15, 0.2) is 22.5 Å². The molecule has 0 aliphatic carbocycles. The van der Waals surface area contributed by atoms with Crippen molar-refractivity contribution in [2.24, 2.45) is 0 Å². The quantitative estimate of drug-likeness (QED) is 0.474. The molecule has 1 N–H and O–H groups in total. The van der Waals surface area contributed by atoms with Crippen LogP contribution in [-0.4, -0.2) is 39.8 Å². The lowest BCUT2D eigenvalue weighted by Crippen LogP contribution is -2.28. The summed E-state index contributed by atoms with van der Waals surface area (Å²) in [5.41, 5.74) is 3.39. The average molecular weight is 433 g/mol. The number of pyridine rings is 1. The normalized spacial score (nSPS) is 13.2. The van der Waals surface area contributed by atoms with Gasteiger partial charge in [-0.25, -0.2) is 14.8 Å². The van der Waals surface area contributed by atoms with Crippen LogP contribution in [0.25, 0.3) is 10.2 Å². The van der Waals surface area contributed by atoms with Gasteiger partial charge in [0.05, 0.1) is 17.3 Å². The van der Waals surface area contributed by atoms with Crippen molar-refractivity contribution in [3.05, 3.63) is 59.3 Å². The number of methoxy groups -OCH3 is 1. The average Bonchev–Trinajstić information content (AvgIpc) is 3.22. The monoisotopic (exact) mass is 432 g/mol. The van der Waals surface area contributed by atoms with E-state index in [1.807, 2.05) is 36.1 Å². The van der Waals surface area contributed by atoms with E-state index in [1.165, 1.54) is 7.11 Å². The van der Waals surface area contributed by atoms with E-state index in [-0.39, 0.29) is 5.69 Å². The Bertz CT molecular complexity index is 1260. The van der Waals surface area contributed by atoms with Crippen molar-refractivity contribution in [1.29, 1.82) is 0 Å². The van der Waals surface area contributed by atoms with Gasteiger partial charge in [-0.3, -0.25) is 0 Å². The van der Waals surface area contributed by atoms with Crippen molar-refractivity contribution in [1.82, 2.24) is 20.2 Å². The van der Waals surface area contributed by atoms with E-state index in [0.29, 0.717) is 11.6 Å². The molecule has 0 spiro atoms. The molecule has 1 aromatic carbocycles. The highest BCUT2D eigenvalue weighted by Gasteiger charge is 2.25. The number of fused-ring (bicyclic) bond motifs is 2. The molecule has 31 heavy (non-hydrogen) atoms.